The second kappa shape index (κ2) is 5.47. The van der Waals surface area contributed by atoms with Crippen LogP contribution in [0.5, 0.6) is 0 Å². The Kier molecular flexibility index (Phi) is 4.82. The van der Waals surface area contributed by atoms with E-state index in [1.807, 2.05) is 0 Å². The predicted octanol–water partition coefficient (Wildman–Crippen LogP) is 3.31. The van der Waals surface area contributed by atoms with Crippen LogP contribution < -0.4 is 0 Å². The number of hydrogen-bond acceptors (Lipinski definition) is 1. The average molecular weight is 241 g/mol. The topological polar surface area (TPSA) is 3.24 Å². The quantitative estimate of drug-likeness (QED) is 0.682. The molecule has 0 saturated heterocycles. The standard InChI is InChI=1S/C9H13.C4H10N.Ti/c1-6-5-7(2)9(4)8(6)3;1-4-5(2)3;/h6H,1-4H3;1,4H2,2-3H3;. The van der Waals surface area contributed by atoms with Gasteiger partial charge in [0.2, 0.25) is 0 Å². The van der Waals surface area contributed by atoms with Gasteiger partial charge in [-0.3, -0.25) is 0 Å². The molecule has 0 radical (unpaired) electrons. The Morgan fingerprint density at radius 3 is 2.13 bits per heavy atom. The van der Waals surface area contributed by atoms with E-state index in [0.717, 1.165) is 5.92 Å². The first-order chi connectivity index (χ1) is 6.95. The molecule has 0 aliphatic heterocycles. The molecule has 84 valence electrons. The van der Waals surface area contributed by atoms with Crippen molar-refractivity contribution in [3.8, 4) is 0 Å². The van der Waals surface area contributed by atoms with Crippen LogP contribution in [0.1, 0.15) is 27.7 Å². The van der Waals surface area contributed by atoms with Crippen LogP contribution in [0.25, 0.3) is 0 Å². The van der Waals surface area contributed by atoms with E-state index in [9.17, 15) is 0 Å². The van der Waals surface area contributed by atoms with Crippen molar-refractivity contribution in [2.24, 2.45) is 5.92 Å². The van der Waals surface area contributed by atoms with Crippen LogP contribution in [-0.4, -0.2) is 25.5 Å². The molecule has 0 saturated carbocycles. The summed E-state index contributed by atoms with van der Waals surface area (Å²) in [4.78, 5) is 2.30. The van der Waals surface area contributed by atoms with Crippen LogP contribution in [0.4, 0.5) is 0 Å². The Morgan fingerprint density at radius 2 is 1.73 bits per heavy atom. The van der Waals surface area contributed by atoms with Gasteiger partial charge in [0, 0.05) is 0 Å². The maximum atomic E-state index is 2.38. The first kappa shape index (κ1) is 13.2. The number of allylic oxidation sites excluding steroid dienone is 4. The Balaban J connectivity index is 2.58. The molecule has 0 bridgehead atoms. The van der Waals surface area contributed by atoms with E-state index in [-0.39, 0.29) is 19.2 Å². The van der Waals surface area contributed by atoms with Crippen molar-refractivity contribution in [1.29, 1.82) is 0 Å². The van der Waals surface area contributed by atoms with Crippen molar-refractivity contribution in [2.45, 2.75) is 32.4 Å². The van der Waals surface area contributed by atoms with Crippen molar-refractivity contribution in [3.63, 3.8) is 0 Å². The monoisotopic (exact) mass is 241 g/mol. The molecule has 1 aliphatic carbocycles. The summed E-state index contributed by atoms with van der Waals surface area (Å²) in [5.41, 5.74) is 4.78. The zero-order valence-electron chi connectivity index (χ0n) is 10.9. The average Bonchev–Trinajstić information content (AvgIpc) is 2.34. The van der Waals surface area contributed by atoms with E-state index < -0.39 is 0 Å². The molecule has 1 aliphatic rings. The number of rotatable bonds is 4. The molecule has 1 unspecified atom stereocenters. The molecule has 0 amide bonds. The molecule has 0 aromatic carbocycles. The van der Waals surface area contributed by atoms with Crippen molar-refractivity contribution in [3.05, 3.63) is 20.6 Å². The number of hydrogen-bond donors (Lipinski definition) is 0. The van der Waals surface area contributed by atoms with Gasteiger partial charge in [-0.15, -0.1) is 0 Å². The van der Waals surface area contributed by atoms with Crippen LogP contribution in [0.2, 0.25) is 4.73 Å². The second-order valence-electron chi connectivity index (χ2n) is 4.80. The van der Waals surface area contributed by atoms with E-state index in [1.54, 1.807) is 20.6 Å². The molecule has 1 atom stereocenters. The minimum absolute atomic E-state index is 0.111. The Morgan fingerprint density at radius 1 is 1.13 bits per heavy atom. The van der Waals surface area contributed by atoms with Gasteiger partial charge in [0.15, 0.2) is 0 Å². The number of nitrogens with zero attached hydrogens (tertiary/aromatic N) is 1. The zero-order chi connectivity index (χ0) is 11.6. The summed E-state index contributed by atoms with van der Waals surface area (Å²) in [5, 5.41) is 0. The molecule has 15 heavy (non-hydrogen) atoms. The minimum atomic E-state index is 0.111. The third-order valence-electron chi connectivity index (χ3n) is 3.52. The van der Waals surface area contributed by atoms with Crippen LogP contribution in [0.3, 0.4) is 0 Å². The third kappa shape index (κ3) is 3.06. The van der Waals surface area contributed by atoms with Crippen molar-refractivity contribution in [1.82, 2.24) is 4.90 Å². The molecule has 1 rings (SSSR count). The summed E-state index contributed by atoms with van der Waals surface area (Å²) in [7, 11) is 4.33. The van der Waals surface area contributed by atoms with E-state index in [1.165, 1.54) is 11.3 Å². The van der Waals surface area contributed by atoms with E-state index in [4.69, 9.17) is 0 Å². The summed E-state index contributed by atoms with van der Waals surface area (Å²) in [6.45, 7) is 10.5. The zero-order valence-corrected chi connectivity index (χ0v) is 12.5. The van der Waals surface area contributed by atoms with Gasteiger partial charge in [-0.1, -0.05) is 0 Å². The van der Waals surface area contributed by atoms with E-state index in [0.29, 0.717) is 0 Å². The molecule has 0 aromatic heterocycles. The van der Waals surface area contributed by atoms with Crippen molar-refractivity contribution < 1.29 is 19.2 Å². The molecular formula is C13H23NTi. The SMILES string of the molecule is CC1=C(C)C(C)[C]([Ti][CH2]CN(C)C)=C1C. The maximum absolute atomic E-state index is 2.38. The summed E-state index contributed by atoms with van der Waals surface area (Å²) in [6.07, 6.45) is 0. The van der Waals surface area contributed by atoms with Gasteiger partial charge < -0.3 is 0 Å². The van der Waals surface area contributed by atoms with Gasteiger partial charge in [-0.05, 0) is 0 Å². The summed E-state index contributed by atoms with van der Waals surface area (Å²) in [6, 6.07) is 0. The summed E-state index contributed by atoms with van der Waals surface area (Å²) >= 11 is 0.111. The first-order valence-corrected chi connectivity index (χ1v) is 7.60. The predicted molar refractivity (Wildman–Crippen MR) is 63.6 cm³/mol. The summed E-state index contributed by atoms with van der Waals surface area (Å²) in [5.74, 6) is 0.743. The van der Waals surface area contributed by atoms with Crippen LogP contribution >= 0.6 is 0 Å². The van der Waals surface area contributed by atoms with Crippen molar-refractivity contribution in [2.75, 3.05) is 20.6 Å². The van der Waals surface area contributed by atoms with Gasteiger partial charge in [0.25, 0.3) is 0 Å². The molecule has 1 nitrogen and oxygen atoms in total. The van der Waals surface area contributed by atoms with Crippen LogP contribution in [0, 0.1) is 5.92 Å². The van der Waals surface area contributed by atoms with E-state index >= 15 is 0 Å². The van der Waals surface area contributed by atoms with Gasteiger partial charge in [-0.25, -0.2) is 0 Å². The Bertz CT molecular complexity index is 300. The normalized spacial score (nSPS) is 21.9. The van der Waals surface area contributed by atoms with Gasteiger partial charge in [0.1, 0.15) is 0 Å². The molecule has 0 heterocycles. The van der Waals surface area contributed by atoms with Crippen LogP contribution in [-0.2, 0) is 19.2 Å². The first-order valence-electron chi connectivity index (χ1n) is 5.72. The van der Waals surface area contributed by atoms with Crippen molar-refractivity contribution >= 4 is 0 Å². The van der Waals surface area contributed by atoms with Crippen LogP contribution in [0.15, 0.2) is 20.6 Å². The van der Waals surface area contributed by atoms with Gasteiger partial charge in [0.05, 0.1) is 0 Å². The third-order valence-corrected chi connectivity index (χ3v) is 6.11. The Labute approximate surface area is 104 Å². The fourth-order valence-corrected chi connectivity index (χ4v) is 4.88. The Hall–Kier alpha value is 0.154. The molecule has 0 aromatic rings. The summed E-state index contributed by atoms with van der Waals surface area (Å²) < 4.78 is 3.21. The molecule has 2 heteroatoms. The molecule has 0 N–H and O–H groups in total. The van der Waals surface area contributed by atoms with Gasteiger partial charge in [-0.2, -0.15) is 0 Å². The molecular weight excluding hydrogens is 218 g/mol. The van der Waals surface area contributed by atoms with Gasteiger partial charge >= 0.3 is 104 Å². The second-order valence-corrected chi connectivity index (χ2v) is 6.97. The fraction of sp³-hybridized carbons (Fsp3) is 0.692. The van der Waals surface area contributed by atoms with E-state index in [2.05, 4.69) is 46.7 Å². The molecule has 0 fully saturated rings. The fourth-order valence-electron chi connectivity index (χ4n) is 2.06. The molecule has 0 spiro atoms.